The van der Waals surface area contributed by atoms with Crippen molar-refractivity contribution < 1.29 is 27.5 Å². The van der Waals surface area contributed by atoms with E-state index in [0.717, 1.165) is 6.92 Å². The SMILES string of the molecule is CCS(=O)(=O)NC1=C(OC(C)=O)C(=O)C(C)(c2cc(Cl)ccc2Cl)O1. The van der Waals surface area contributed by atoms with Gasteiger partial charge in [-0.25, -0.2) is 8.42 Å². The van der Waals surface area contributed by atoms with E-state index in [4.69, 9.17) is 32.7 Å². The van der Waals surface area contributed by atoms with E-state index in [0.29, 0.717) is 5.02 Å². The molecule has 1 aromatic rings. The van der Waals surface area contributed by atoms with Gasteiger partial charge in [0, 0.05) is 22.5 Å². The zero-order chi connectivity index (χ0) is 19.0. The van der Waals surface area contributed by atoms with Gasteiger partial charge in [-0.05, 0) is 32.0 Å². The zero-order valence-corrected chi connectivity index (χ0v) is 15.9. The van der Waals surface area contributed by atoms with E-state index in [9.17, 15) is 18.0 Å². The maximum absolute atomic E-state index is 12.8. The summed E-state index contributed by atoms with van der Waals surface area (Å²) in [5.41, 5.74) is -1.50. The highest BCUT2D eigenvalue weighted by molar-refractivity contribution is 7.89. The van der Waals surface area contributed by atoms with Crippen LogP contribution >= 0.6 is 23.2 Å². The Hall–Kier alpha value is -1.77. The van der Waals surface area contributed by atoms with Gasteiger partial charge in [-0.2, -0.15) is 0 Å². The third kappa shape index (κ3) is 3.91. The lowest BCUT2D eigenvalue weighted by Gasteiger charge is -2.25. The third-order valence-corrected chi connectivity index (χ3v) is 5.29. The van der Waals surface area contributed by atoms with Gasteiger partial charge >= 0.3 is 5.97 Å². The molecular weight excluding hydrogens is 393 g/mol. The second-order valence-corrected chi connectivity index (χ2v) is 8.20. The number of esters is 1. The Balaban J connectivity index is 2.54. The highest BCUT2D eigenvalue weighted by Crippen LogP contribution is 2.42. The fraction of sp³-hybridized carbons (Fsp3) is 0.333. The van der Waals surface area contributed by atoms with Crippen LogP contribution in [-0.2, 0) is 34.7 Å². The second kappa shape index (κ2) is 6.86. The number of hydrogen-bond donors (Lipinski definition) is 1. The molecule has 0 saturated heterocycles. The lowest BCUT2D eigenvalue weighted by molar-refractivity contribution is -0.142. The van der Waals surface area contributed by atoms with Crippen molar-refractivity contribution in [2.24, 2.45) is 0 Å². The number of ketones is 1. The van der Waals surface area contributed by atoms with Crippen molar-refractivity contribution in [2.45, 2.75) is 26.4 Å². The van der Waals surface area contributed by atoms with Crippen molar-refractivity contribution in [2.75, 3.05) is 5.75 Å². The van der Waals surface area contributed by atoms with Gasteiger partial charge in [-0.3, -0.25) is 14.3 Å². The zero-order valence-electron chi connectivity index (χ0n) is 13.6. The summed E-state index contributed by atoms with van der Waals surface area (Å²) in [7, 11) is -3.78. The third-order valence-electron chi connectivity index (χ3n) is 3.47. The van der Waals surface area contributed by atoms with Crippen LogP contribution in [0.2, 0.25) is 10.0 Å². The fourth-order valence-corrected chi connectivity index (χ4v) is 3.21. The number of sulfonamides is 1. The quantitative estimate of drug-likeness (QED) is 0.752. The molecular formula is C15H15Cl2NO6S. The van der Waals surface area contributed by atoms with E-state index in [-0.39, 0.29) is 16.3 Å². The van der Waals surface area contributed by atoms with E-state index in [1.807, 2.05) is 0 Å². The van der Waals surface area contributed by atoms with Gasteiger partial charge in [0.05, 0.1) is 5.75 Å². The molecule has 1 aliphatic rings. The number of carbonyl (C=O) groups excluding carboxylic acids is 2. The van der Waals surface area contributed by atoms with Crippen LogP contribution in [0.25, 0.3) is 0 Å². The van der Waals surface area contributed by atoms with Gasteiger partial charge in [-0.1, -0.05) is 23.2 Å². The Morgan fingerprint density at radius 1 is 1.36 bits per heavy atom. The molecule has 136 valence electrons. The van der Waals surface area contributed by atoms with Gasteiger partial charge in [0.25, 0.3) is 5.78 Å². The Kier molecular flexibility index (Phi) is 5.36. The first-order valence-electron chi connectivity index (χ1n) is 7.12. The van der Waals surface area contributed by atoms with Crippen LogP contribution in [0.1, 0.15) is 26.3 Å². The maximum atomic E-state index is 12.8. The van der Waals surface area contributed by atoms with Crippen LogP contribution in [-0.4, -0.2) is 25.9 Å². The average molecular weight is 408 g/mol. The number of carbonyl (C=O) groups is 2. The molecule has 1 aliphatic heterocycles. The highest BCUT2D eigenvalue weighted by Gasteiger charge is 2.51. The summed E-state index contributed by atoms with van der Waals surface area (Å²) in [5.74, 6) is -2.85. The molecule has 10 heteroatoms. The summed E-state index contributed by atoms with van der Waals surface area (Å²) in [6, 6.07) is 4.42. The number of rotatable bonds is 5. The highest BCUT2D eigenvalue weighted by atomic mass is 35.5. The van der Waals surface area contributed by atoms with Crippen molar-refractivity contribution in [1.29, 1.82) is 0 Å². The second-order valence-electron chi connectivity index (χ2n) is 5.35. The average Bonchev–Trinajstić information content (AvgIpc) is 2.74. The summed E-state index contributed by atoms with van der Waals surface area (Å²) in [4.78, 5) is 24.1. The Bertz CT molecular complexity index is 880. The van der Waals surface area contributed by atoms with Gasteiger partial charge in [0.2, 0.25) is 27.3 Å². The first kappa shape index (κ1) is 19.6. The fourth-order valence-electron chi connectivity index (χ4n) is 2.17. The van der Waals surface area contributed by atoms with Crippen LogP contribution in [0.5, 0.6) is 0 Å². The molecule has 7 nitrogen and oxygen atoms in total. The molecule has 1 unspecified atom stereocenters. The number of hydrogen-bond acceptors (Lipinski definition) is 6. The van der Waals surface area contributed by atoms with E-state index >= 15 is 0 Å². The van der Waals surface area contributed by atoms with Crippen LogP contribution < -0.4 is 4.72 Å². The molecule has 0 fully saturated rings. The molecule has 0 spiro atoms. The number of halogens is 2. The smallest absolute Gasteiger partial charge is 0.308 e. The predicted octanol–water partition coefficient (Wildman–Crippen LogP) is 2.48. The monoisotopic (exact) mass is 407 g/mol. The maximum Gasteiger partial charge on any atom is 0.308 e. The number of benzene rings is 1. The van der Waals surface area contributed by atoms with Crippen molar-refractivity contribution >= 4 is 45.0 Å². The molecule has 25 heavy (non-hydrogen) atoms. The summed E-state index contributed by atoms with van der Waals surface area (Å²) in [5, 5.41) is 0.482. The van der Waals surface area contributed by atoms with Gasteiger partial charge < -0.3 is 9.47 Å². The van der Waals surface area contributed by atoms with Crippen LogP contribution in [0.15, 0.2) is 29.8 Å². The predicted molar refractivity (Wildman–Crippen MR) is 91.3 cm³/mol. The van der Waals surface area contributed by atoms with Crippen molar-refractivity contribution in [3.8, 4) is 0 Å². The van der Waals surface area contributed by atoms with Crippen LogP contribution in [0.3, 0.4) is 0 Å². The molecule has 2 rings (SSSR count). The number of ether oxygens (including phenoxy) is 2. The Morgan fingerprint density at radius 3 is 2.56 bits per heavy atom. The molecule has 1 N–H and O–H groups in total. The molecule has 0 aliphatic carbocycles. The minimum Gasteiger partial charge on any atom is -0.456 e. The van der Waals surface area contributed by atoms with E-state index in [2.05, 4.69) is 4.72 Å². The molecule has 1 aromatic carbocycles. The largest absolute Gasteiger partial charge is 0.456 e. The molecule has 0 aromatic heterocycles. The normalized spacial score (nSPS) is 20.4. The Morgan fingerprint density at radius 2 is 2.00 bits per heavy atom. The van der Waals surface area contributed by atoms with Crippen molar-refractivity contribution in [1.82, 2.24) is 4.72 Å². The number of Topliss-reactive ketones (excluding diaryl/α,β-unsaturated/α-hetero) is 1. The van der Waals surface area contributed by atoms with Gasteiger partial charge in [0.1, 0.15) is 0 Å². The van der Waals surface area contributed by atoms with Gasteiger partial charge in [-0.15, -0.1) is 0 Å². The standard InChI is InChI=1S/C15H15Cl2NO6S/c1-4-25(21,22)18-14-12(23-8(2)19)13(20)15(3,24-14)10-7-9(16)5-6-11(10)17/h5-7,18H,4H2,1-3H3. The summed E-state index contributed by atoms with van der Waals surface area (Å²) in [6.45, 7) is 3.86. The molecule has 0 radical (unpaired) electrons. The van der Waals surface area contributed by atoms with Crippen molar-refractivity contribution in [3.05, 3.63) is 45.5 Å². The molecule has 0 saturated carbocycles. The van der Waals surface area contributed by atoms with E-state index in [1.165, 1.54) is 32.0 Å². The van der Waals surface area contributed by atoms with Crippen molar-refractivity contribution in [3.63, 3.8) is 0 Å². The van der Waals surface area contributed by atoms with Gasteiger partial charge in [0.15, 0.2) is 0 Å². The molecule has 0 amide bonds. The first-order chi connectivity index (χ1) is 11.5. The van der Waals surface area contributed by atoms with Crippen LogP contribution in [0, 0.1) is 0 Å². The van der Waals surface area contributed by atoms with E-state index in [1.54, 1.807) is 0 Å². The minimum atomic E-state index is -3.78. The number of nitrogens with one attached hydrogen (secondary N) is 1. The van der Waals surface area contributed by atoms with E-state index < -0.39 is 39.0 Å². The lowest BCUT2D eigenvalue weighted by atomic mass is 9.91. The molecule has 0 bridgehead atoms. The summed E-state index contributed by atoms with van der Waals surface area (Å²) in [6.07, 6.45) is 0. The Labute approximate surface area is 154 Å². The topological polar surface area (TPSA) is 98.8 Å². The van der Waals surface area contributed by atoms with Crippen LogP contribution in [0.4, 0.5) is 0 Å². The summed E-state index contributed by atoms with van der Waals surface area (Å²) < 4.78 is 36.2. The summed E-state index contributed by atoms with van der Waals surface area (Å²) >= 11 is 12.1. The lowest BCUT2D eigenvalue weighted by Crippen LogP contribution is -2.33. The molecule has 1 atom stereocenters. The molecule has 1 heterocycles. The first-order valence-corrected chi connectivity index (χ1v) is 9.53. The minimum absolute atomic E-state index is 0.182.